The van der Waals surface area contributed by atoms with Crippen LogP contribution in [0, 0.1) is 5.92 Å². The second-order valence-electron chi connectivity index (χ2n) is 5.66. The Morgan fingerprint density at radius 1 is 1.43 bits per heavy atom. The zero-order chi connectivity index (χ0) is 17.1. The van der Waals surface area contributed by atoms with E-state index in [-0.39, 0.29) is 24.0 Å². The first kappa shape index (κ1) is 17.3. The van der Waals surface area contributed by atoms with E-state index in [0.717, 1.165) is 0 Å². The summed E-state index contributed by atoms with van der Waals surface area (Å²) in [5.41, 5.74) is 0.705. The number of hydrogen-bond donors (Lipinski definition) is 3. The summed E-state index contributed by atoms with van der Waals surface area (Å²) in [5, 5.41) is 14.4. The molecule has 1 aromatic rings. The van der Waals surface area contributed by atoms with Gasteiger partial charge in [0.1, 0.15) is 11.8 Å². The zero-order valence-corrected chi connectivity index (χ0v) is 14.3. The summed E-state index contributed by atoms with van der Waals surface area (Å²) in [4.78, 5) is 34.9. The molecule has 0 aromatic heterocycles. The highest BCUT2D eigenvalue weighted by molar-refractivity contribution is 9.10. The molecule has 1 aromatic carbocycles. The SMILES string of the molecule is CC(C)C[C@@H](NC(=O)c1cc2c(cc1Br)NC(=O)CO2)C(=O)O. The number of nitrogens with one attached hydrogen (secondary N) is 2. The van der Waals surface area contributed by atoms with Crippen LogP contribution in [0.2, 0.25) is 0 Å². The molecule has 23 heavy (non-hydrogen) atoms. The molecule has 2 amide bonds. The van der Waals surface area contributed by atoms with Crippen LogP contribution < -0.4 is 15.4 Å². The van der Waals surface area contributed by atoms with Gasteiger partial charge in [-0.3, -0.25) is 9.59 Å². The van der Waals surface area contributed by atoms with E-state index in [0.29, 0.717) is 22.3 Å². The van der Waals surface area contributed by atoms with Gasteiger partial charge in [-0.15, -0.1) is 0 Å². The molecule has 8 heteroatoms. The van der Waals surface area contributed by atoms with Crippen LogP contribution in [0.5, 0.6) is 5.75 Å². The van der Waals surface area contributed by atoms with E-state index in [2.05, 4.69) is 26.6 Å². The average Bonchev–Trinajstić information content (AvgIpc) is 2.44. The minimum Gasteiger partial charge on any atom is -0.482 e. The van der Waals surface area contributed by atoms with Crippen molar-refractivity contribution in [1.82, 2.24) is 5.32 Å². The van der Waals surface area contributed by atoms with Crippen molar-refractivity contribution >= 4 is 39.4 Å². The Morgan fingerprint density at radius 3 is 2.74 bits per heavy atom. The molecule has 0 bridgehead atoms. The fourth-order valence-electron chi connectivity index (χ4n) is 2.20. The Bertz CT molecular complexity index is 660. The number of ether oxygens (including phenoxy) is 1. The van der Waals surface area contributed by atoms with E-state index in [4.69, 9.17) is 4.74 Å². The Morgan fingerprint density at radius 2 is 2.13 bits per heavy atom. The van der Waals surface area contributed by atoms with Crippen LogP contribution in [0.25, 0.3) is 0 Å². The average molecular weight is 385 g/mol. The van der Waals surface area contributed by atoms with E-state index in [9.17, 15) is 19.5 Å². The summed E-state index contributed by atoms with van der Waals surface area (Å²) >= 11 is 3.26. The molecule has 2 rings (SSSR count). The number of benzene rings is 1. The van der Waals surface area contributed by atoms with Gasteiger partial charge >= 0.3 is 5.97 Å². The number of amides is 2. The second-order valence-corrected chi connectivity index (χ2v) is 6.51. The van der Waals surface area contributed by atoms with E-state index in [1.165, 1.54) is 6.07 Å². The van der Waals surface area contributed by atoms with Gasteiger partial charge in [0.15, 0.2) is 6.61 Å². The zero-order valence-electron chi connectivity index (χ0n) is 12.7. The summed E-state index contributed by atoms with van der Waals surface area (Å²) < 4.78 is 5.71. The van der Waals surface area contributed by atoms with Crippen molar-refractivity contribution < 1.29 is 24.2 Å². The molecule has 0 spiro atoms. The van der Waals surface area contributed by atoms with Crippen LogP contribution in [0.1, 0.15) is 30.6 Å². The molecule has 0 radical (unpaired) electrons. The number of hydrogen-bond acceptors (Lipinski definition) is 4. The quantitative estimate of drug-likeness (QED) is 0.719. The monoisotopic (exact) mass is 384 g/mol. The Hall–Kier alpha value is -2.09. The second kappa shape index (κ2) is 6.99. The number of carboxylic acids is 1. The van der Waals surface area contributed by atoms with E-state index in [1.54, 1.807) is 6.07 Å². The number of fused-ring (bicyclic) bond motifs is 1. The van der Waals surface area contributed by atoms with Crippen molar-refractivity contribution in [2.75, 3.05) is 11.9 Å². The summed E-state index contributed by atoms with van der Waals surface area (Å²) in [7, 11) is 0. The Labute approximate surface area is 141 Å². The van der Waals surface area contributed by atoms with Gasteiger partial charge in [0, 0.05) is 4.47 Å². The molecule has 0 unspecified atom stereocenters. The number of carboxylic acid groups (broad SMARTS) is 1. The lowest BCUT2D eigenvalue weighted by molar-refractivity contribution is -0.139. The smallest absolute Gasteiger partial charge is 0.326 e. The maximum atomic E-state index is 12.4. The highest BCUT2D eigenvalue weighted by atomic mass is 79.9. The maximum Gasteiger partial charge on any atom is 0.326 e. The largest absolute Gasteiger partial charge is 0.482 e. The van der Waals surface area contributed by atoms with Crippen molar-refractivity contribution in [2.24, 2.45) is 5.92 Å². The predicted octanol–water partition coefficient (Wildman–Crippen LogP) is 2.01. The standard InChI is InChI=1S/C15H17BrN2O5/c1-7(2)3-11(15(21)22)18-14(20)8-4-12-10(5-9(8)16)17-13(19)6-23-12/h4-5,7,11H,3,6H2,1-2H3,(H,17,19)(H,18,20)(H,21,22)/t11-/m1/s1. The first-order valence-electron chi connectivity index (χ1n) is 7.07. The van der Waals surface area contributed by atoms with Crippen LogP contribution in [-0.2, 0) is 9.59 Å². The fraction of sp³-hybridized carbons (Fsp3) is 0.400. The minimum absolute atomic E-state index is 0.124. The third kappa shape index (κ3) is 4.22. The first-order chi connectivity index (χ1) is 10.8. The summed E-state index contributed by atoms with van der Waals surface area (Å²) in [6.07, 6.45) is 0.330. The van der Waals surface area contributed by atoms with Crippen molar-refractivity contribution in [3.05, 3.63) is 22.2 Å². The first-order valence-corrected chi connectivity index (χ1v) is 7.87. The molecule has 124 valence electrons. The van der Waals surface area contributed by atoms with E-state index in [1.807, 2.05) is 13.8 Å². The van der Waals surface area contributed by atoms with Crippen LogP contribution in [0.15, 0.2) is 16.6 Å². The van der Waals surface area contributed by atoms with Gasteiger partial charge in [0.2, 0.25) is 0 Å². The number of aliphatic carboxylic acids is 1. The molecule has 1 heterocycles. The molecule has 1 aliphatic heterocycles. The van der Waals surface area contributed by atoms with Crippen molar-refractivity contribution in [2.45, 2.75) is 26.3 Å². The lowest BCUT2D eigenvalue weighted by Gasteiger charge is -2.20. The van der Waals surface area contributed by atoms with Gasteiger partial charge in [-0.1, -0.05) is 13.8 Å². The van der Waals surface area contributed by atoms with Crippen LogP contribution in [0.4, 0.5) is 5.69 Å². The highest BCUT2D eigenvalue weighted by Gasteiger charge is 2.25. The van der Waals surface area contributed by atoms with E-state index < -0.39 is 17.9 Å². The Balaban J connectivity index is 2.22. The molecular weight excluding hydrogens is 368 g/mol. The molecule has 7 nitrogen and oxygen atoms in total. The van der Waals surface area contributed by atoms with Crippen LogP contribution in [0.3, 0.4) is 0 Å². The van der Waals surface area contributed by atoms with Gasteiger partial charge in [0.05, 0.1) is 11.3 Å². The molecule has 0 saturated heterocycles. The molecule has 1 aliphatic rings. The lowest BCUT2D eigenvalue weighted by Crippen LogP contribution is -2.41. The van der Waals surface area contributed by atoms with Crippen LogP contribution in [-0.4, -0.2) is 35.5 Å². The number of halogens is 1. The van der Waals surface area contributed by atoms with Crippen molar-refractivity contribution in [1.29, 1.82) is 0 Å². The third-order valence-electron chi connectivity index (χ3n) is 3.26. The topological polar surface area (TPSA) is 105 Å². The number of anilines is 1. The summed E-state index contributed by atoms with van der Waals surface area (Å²) in [6.45, 7) is 3.64. The van der Waals surface area contributed by atoms with Crippen molar-refractivity contribution in [3.63, 3.8) is 0 Å². The normalized spacial score (nSPS) is 14.5. The summed E-state index contributed by atoms with van der Waals surface area (Å²) in [6, 6.07) is 2.06. The lowest BCUT2D eigenvalue weighted by atomic mass is 10.0. The molecular formula is C15H17BrN2O5. The van der Waals surface area contributed by atoms with Gasteiger partial charge in [-0.25, -0.2) is 4.79 Å². The number of rotatable bonds is 5. The van der Waals surface area contributed by atoms with Crippen LogP contribution >= 0.6 is 15.9 Å². The predicted molar refractivity (Wildman–Crippen MR) is 86.6 cm³/mol. The number of carbonyl (C=O) groups is 3. The molecule has 1 atom stereocenters. The molecule has 0 aliphatic carbocycles. The maximum absolute atomic E-state index is 12.4. The van der Waals surface area contributed by atoms with Crippen molar-refractivity contribution in [3.8, 4) is 5.75 Å². The fourth-order valence-corrected chi connectivity index (χ4v) is 2.73. The van der Waals surface area contributed by atoms with Gasteiger partial charge in [-0.05, 0) is 40.4 Å². The Kier molecular flexibility index (Phi) is 5.25. The van der Waals surface area contributed by atoms with E-state index >= 15 is 0 Å². The summed E-state index contributed by atoms with van der Waals surface area (Å²) in [5.74, 6) is -1.38. The molecule has 0 fully saturated rings. The number of carbonyl (C=O) groups excluding carboxylic acids is 2. The van der Waals surface area contributed by atoms with Gasteiger partial charge in [-0.2, -0.15) is 0 Å². The highest BCUT2D eigenvalue weighted by Crippen LogP contribution is 2.33. The van der Waals surface area contributed by atoms with Gasteiger partial charge < -0.3 is 20.5 Å². The molecule has 3 N–H and O–H groups in total. The van der Waals surface area contributed by atoms with Gasteiger partial charge in [0.25, 0.3) is 11.8 Å². The molecule has 0 saturated carbocycles. The minimum atomic E-state index is -1.08. The third-order valence-corrected chi connectivity index (χ3v) is 3.91.